The molecule has 0 amide bonds. The quantitative estimate of drug-likeness (QED) is 0.652. The summed E-state index contributed by atoms with van der Waals surface area (Å²) < 4.78 is 5.40. The summed E-state index contributed by atoms with van der Waals surface area (Å²) >= 11 is 0. The van der Waals surface area contributed by atoms with Gasteiger partial charge in [-0.15, -0.1) is 0 Å². The lowest BCUT2D eigenvalue weighted by atomic mass is 10.1. The van der Waals surface area contributed by atoms with E-state index in [1.165, 1.54) is 23.3 Å². The molecule has 0 unspecified atom stereocenters. The van der Waals surface area contributed by atoms with Gasteiger partial charge in [0.25, 0.3) is 5.69 Å². The Balaban J connectivity index is 1.63. The highest BCUT2D eigenvalue weighted by atomic mass is 16.6. The molecule has 0 saturated carbocycles. The van der Waals surface area contributed by atoms with Crippen LogP contribution < -0.4 is 5.32 Å². The molecule has 0 aromatic heterocycles. The van der Waals surface area contributed by atoms with Gasteiger partial charge in [0.1, 0.15) is 0 Å². The fourth-order valence-corrected chi connectivity index (χ4v) is 2.78. The number of hydrogen-bond acceptors (Lipinski definition) is 5. The monoisotopic (exact) mass is 327 g/mol. The molecule has 0 spiro atoms. The molecule has 1 saturated heterocycles. The van der Waals surface area contributed by atoms with Gasteiger partial charge in [0.2, 0.25) is 0 Å². The molecule has 1 aliphatic heterocycles. The van der Waals surface area contributed by atoms with Gasteiger partial charge < -0.3 is 10.1 Å². The van der Waals surface area contributed by atoms with Crippen molar-refractivity contribution in [3.8, 4) is 0 Å². The summed E-state index contributed by atoms with van der Waals surface area (Å²) in [4.78, 5) is 12.7. The zero-order valence-electron chi connectivity index (χ0n) is 13.5. The fraction of sp³-hybridized carbons (Fsp3) is 0.333. The summed E-state index contributed by atoms with van der Waals surface area (Å²) in [6.45, 7) is 5.13. The van der Waals surface area contributed by atoms with E-state index < -0.39 is 0 Å². The van der Waals surface area contributed by atoms with Crippen LogP contribution in [0.25, 0.3) is 0 Å². The number of hydrogen-bond donors (Lipinski definition) is 1. The molecular weight excluding hydrogens is 306 g/mol. The van der Waals surface area contributed by atoms with Crippen LogP contribution in [0, 0.1) is 10.1 Å². The van der Waals surface area contributed by atoms with E-state index in [1.54, 1.807) is 12.1 Å². The van der Waals surface area contributed by atoms with E-state index in [-0.39, 0.29) is 10.6 Å². The number of nitro benzene ring substituents is 1. The minimum Gasteiger partial charge on any atom is -0.381 e. The molecule has 0 aliphatic carbocycles. The highest BCUT2D eigenvalue weighted by molar-refractivity contribution is 5.49. The minimum atomic E-state index is -0.387. The second-order valence-electron chi connectivity index (χ2n) is 5.81. The second kappa shape index (κ2) is 7.90. The van der Waals surface area contributed by atoms with Crippen molar-refractivity contribution < 1.29 is 9.66 Å². The number of benzene rings is 2. The van der Waals surface area contributed by atoms with Gasteiger partial charge in [0.05, 0.1) is 18.1 Å². The van der Waals surface area contributed by atoms with Crippen LogP contribution in [0.4, 0.5) is 11.4 Å². The average Bonchev–Trinajstić information content (AvgIpc) is 2.62. The molecule has 0 bridgehead atoms. The average molecular weight is 327 g/mol. The Morgan fingerprint density at radius 3 is 2.38 bits per heavy atom. The van der Waals surface area contributed by atoms with E-state index in [2.05, 4.69) is 28.4 Å². The number of nitrogens with zero attached hydrogens (tertiary/aromatic N) is 2. The number of anilines is 1. The van der Waals surface area contributed by atoms with Crippen molar-refractivity contribution >= 4 is 11.4 Å². The molecule has 2 aromatic carbocycles. The first-order chi connectivity index (χ1) is 11.7. The van der Waals surface area contributed by atoms with Crippen molar-refractivity contribution in [1.29, 1.82) is 0 Å². The summed E-state index contributed by atoms with van der Waals surface area (Å²) in [6.07, 6.45) is 0. The highest BCUT2D eigenvalue weighted by Crippen LogP contribution is 2.18. The van der Waals surface area contributed by atoms with Gasteiger partial charge >= 0.3 is 0 Å². The molecular formula is C18H21N3O3. The molecule has 126 valence electrons. The van der Waals surface area contributed by atoms with Crippen LogP contribution >= 0.6 is 0 Å². The maximum atomic E-state index is 10.7. The Morgan fingerprint density at radius 1 is 1.04 bits per heavy atom. The SMILES string of the molecule is O=[N+]([O-])c1ccc(NCc2ccccc2CN2CCOCC2)cc1. The van der Waals surface area contributed by atoms with Crippen molar-refractivity contribution in [2.45, 2.75) is 13.1 Å². The second-order valence-corrected chi connectivity index (χ2v) is 5.81. The number of nitrogens with one attached hydrogen (secondary N) is 1. The smallest absolute Gasteiger partial charge is 0.269 e. The maximum Gasteiger partial charge on any atom is 0.269 e. The molecule has 24 heavy (non-hydrogen) atoms. The number of non-ortho nitro benzene ring substituents is 1. The zero-order chi connectivity index (χ0) is 16.8. The van der Waals surface area contributed by atoms with Gasteiger partial charge in [-0.05, 0) is 23.3 Å². The third-order valence-corrected chi connectivity index (χ3v) is 4.18. The molecule has 3 rings (SSSR count). The molecule has 1 aliphatic rings. The van der Waals surface area contributed by atoms with Crippen molar-refractivity contribution in [2.24, 2.45) is 0 Å². The van der Waals surface area contributed by atoms with Gasteiger partial charge in [-0.2, -0.15) is 0 Å². The van der Waals surface area contributed by atoms with Crippen molar-refractivity contribution in [3.05, 3.63) is 69.8 Å². The summed E-state index contributed by atoms with van der Waals surface area (Å²) in [5.74, 6) is 0. The van der Waals surface area contributed by atoms with E-state index in [0.717, 1.165) is 38.5 Å². The number of ether oxygens (including phenoxy) is 1. The third-order valence-electron chi connectivity index (χ3n) is 4.18. The summed E-state index contributed by atoms with van der Waals surface area (Å²) in [7, 11) is 0. The topological polar surface area (TPSA) is 67.6 Å². The van der Waals surface area contributed by atoms with Gasteiger partial charge in [0.15, 0.2) is 0 Å². The lowest BCUT2D eigenvalue weighted by molar-refractivity contribution is -0.384. The summed E-state index contributed by atoms with van der Waals surface area (Å²) in [6, 6.07) is 14.9. The third kappa shape index (κ3) is 4.31. The standard InChI is InChI=1S/C18H21N3O3/c22-21(23)18-7-5-17(6-8-18)19-13-15-3-1-2-4-16(15)14-20-9-11-24-12-10-20/h1-8,19H,9-14H2. The van der Waals surface area contributed by atoms with E-state index in [1.807, 2.05) is 6.07 Å². The van der Waals surface area contributed by atoms with E-state index in [9.17, 15) is 10.1 Å². The molecule has 0 atom stereocenters. The van der Waals surface area contributed by atoms with Crippen LogP contribution in [0.1, 0.15) is 11.1 Å². The normalized spacial score (nSPS) is 15.2. The molecule has 1 fully saturated rings. The first-order valence-corrected chi connectivity index (χ1v) is 8.07. The van der Waals surface area contributed by atoms with Crippen LogP contribution in [0.2, 0.25) is 0 Å². The van der Waals surface area contributed by atoms with Crippen molar-refractivity contribution in [3.63, 3.8) is 0 Å². The minimum absolute atomic E-state index is 0.105. The van der Waals surface area contributed by atoms with Gasteiger partial charge in [-0.3, -0.25) is 15.0 Å². The van der Waals surface area contributed by atoms with Crippen LogP contribution in [0.15, 0.2) is 48.5 Å². The lowest BCUT2D eigenvalue weighted by Gasteiger charge is -2.27. The van der Waals surface area contributed by atoms with Crippen LogP contribution in [0.3, 0.4) is 0 Å². The predicted molar refractivity (Wildman–Crippen MR) is 93.0 cm³/mol. The van der Waals surface area contributed by atoms with Gasteiger partial charge in [-0.1, -0.05) is 24.3 Å². The number of rotatable bonds is 6. The maximum absolute atomic E-state index is 10.7. The van der Waals surface area contributed by atoms with Crippen molar-refractivity contribution in [1.82, 2.24) is 4.90 Å². The van der Waals surface area contributed by atoms with Gasteiger partial charge in [0, 0.05) is 44.0 Å². The molecule has 1 heterocycles. The van der Waals surface area contributed by atoms with Crippen LogP contribution in [-0.4, -0.2) is 36.1 Å². The zero-order valence-corrected chi connectivity index (χ0v) is 13.5. The Labute approximate surface area is 141 Å². The Bertz CT molecular complexity index is 682. The van der Waals surface area contributed by atoms with E-state index in [0.29, 0.717) is 6.54 Å². The van der Waals surface area contributed by atoms with Crippen LogP contribution in [0.5, 0.6) is 0 Å². The molecule has 6 heteroatoms. The molecule has 1 N–H and O–H groups in total. The Morgan fingerprint density at radius 2 is 1.71 bits per heavy atom. The Kier molecular flexibility index (Phi) is 5.40. The van der Waals surface area contributed by atoms with Crippen LogP contribution in [-0.2, 0) is 17.8 Å². The highest BCUT2D eigenvalue weighted by Gasteiger charge is 2.12. The fourth-order valence-electron chi connectivity index (χ4n) is 2.78. The predicted octanol–water partition coefficient (Wildman–Crippen LogP) is 3.04. The largest absolute Gasteiger partial charge is 0.381 e. The van der Waals surface area contributed by atoms with Crippen molar-refractivity contribution in [2.75, 3.05) is 31.6 Å². The van der Waals surface area contributed by atoms with E-state index >= 15 is 0 Å². The first kappa shape index (κ1) is 16.4. The Hall–Kier alpha value is -2.44. The first-order valence-electron chi connectivity index (χ1n) is 8.07. The number of nitro groups is 1. The van der Waals surface area contributed by atoms with Gasteiger partial charge in [-0.25, -0.2) is 0 Å². The van der Waals surface area contributed by atoms with E-state index in [4.69, 9.17) is 4.74 Å². The molecule has 0 radical (unpaired) electrons. The molecule has 6 nitrogen and oxygen atoms in total. The summed E-state index contributed by atoms with van der Waals surface area (Å²) in [5.41, 5.74) is 3.52. The molecule has 2 aromatic rings. The number of morpholine rings is 1. The lowest BCUT2D eigenvalue weighted by Crippen LogP contribution is -2.35. The summed E-state index contributed by atoms with van der Waals surface area (Å²) in [5, 5.41) is 14.0.